The first-order chi connectivity index (χ1) is 14.0. The molecule has 0 radical (unpaired) electrons. The average molecular weight is 451 g/mol. The van der Waals surface area contributed by atoms with Gasteiger partial charge in [-0.1, -0.05) is 26.0 Å². The third kappa shape index (κ3) is 4.97. The van der Waals surface area contributed by atoms with E-state index in [1.54, 1.807) is 30.3 Å². The van der Waals surface area contributed by atoms with Crippen LogP contribution in [0.5, 0.6) is 0 Å². The standard InChI is InChI=1S/C19H22N4O5S2/c1-12(2)17(21-18-15-6-4-5-7-16(15)30(27,28)23-18)19(24)20-13-8-10-14(11-9-13)22-29(3,25)26/h4-12,17,22H,1-3H3,(H,20,24)(H,21,23)/t17-/m0/s1. The number of nitrogens with zero attached hydrogens (tertiary/aromatic N) is 1. The SMILES string of the molecule is CC(C)[C@H](N=C1NS(=O)(=O)c2ccccc21)C(=O)Nc1ccc(NS(C)(=O)=O)cc1. The first kappa shape index (κ1) is 21.8. The van der Waals surface area contributed by atoms with E-state index in [9.17, 15) is 21.6 Å². The Balaban J connectivity index is 1.82. The number of fused-ring (bicyclic) bond motifs is 1. The van der Waals surface area contributed by atoms with Crippen molar-refractivity contribution >= 4 is 43.2 Å². The largest absolute Gasteiger partial charge is 0.324 e. The second-order valence-electron chi connectivity index (χ2n) is 7.21. The van der Waals surface area contributed by atoms with Crippen LogP contribution < -0.4 is 14.8 Å². The molecule has 1 atom stereocenters. The van der Waals surface area contributed by atoms with E-state index in [1.165, 1.54) is 18.2 Å². The smallest absolute Gasteiger partial charge is 0.263 e. The number of amides is 1. The number of carbonyl (C=O) groups is 1. The van der Waals surface area contributed by atoms with Gasteiger partial charge in [-0.05, 0) is 42.3 Å². The van der Waals surface area contributed by atoms with E-state index in [0.717, 1.165) is 6.26 Å². The van der Waals surface area contributed by atoms with Crippen molar-refractivity contribution in [2.75, 3.05) is 16.3 Å². The second kappa shape index (κ2) is 8.07. The Labute approximate surface area is 175 Å². The summed E-state index contributed by atoms with van der Waals surface area (Å²) in [5, 5.41) is 2.73. The molecule has 9 nitrogen and oxygen atoms in total. The average Bonchev–Trinajstić information content (AvgIpc) is 2.90. The van der Waals surface area contributed by atoms with Crippen molar-refractivity contribution in [1.82, 2.24) is 4.72 Å². The maximum atomic E-state index is 12.8. The van der Waals surface area contributed by atoms with Gasteiger partial charge < -0.3 is 5.32 Å². The fourth-order valence-corrected chi connectivity index (χ4v) is 4.73. The van der Waals surface area contributed by atoms with Crippen molar-refractivity contribution in [3.8, 4) is 0 Å². The summed E-state index contributed by atoms with van der Waals surface area (Å²) in [6.07, 6.45) is 1.05. The zero-order valence-electron chi connectivity index (χ0n) is 16.6. The number of anilines is 2. The maximum absolute atomic E-state index is 12.8. The number of hydrogen-bond donors (Lipinski definition) is 3. The lowest BCUT2D eigenvalue weighted by molar-refractivity contribution is -0.118. The molecule has 30 heavy (non-hydrogen) atoms. The van der Waals surface area contributed by atoms with Gasteiger partial charge in [0.1, 0.15) is 11.9 Å². The van der Waals surface area contributed by atoms with Crippen molar-refractivity contribution in [3.05, 3.63) is 54.1 Å². The van der Waals surface area contributed by atoms with Gasteiger partial charge in [0.2, 0.25) is 15.9 Å². The van der Waals surface area contributed by atoms with Crippen molar-refractivity contribution in [3.63, 3.8) is 0 Å². The van der Waals surface area contributed by atoms with E-state index in [1.807, 2.05) is 13.8 Å². The van der Waals surface area contributed by atoms with Crippen molar-refractivity contribution in [2.24, 2.45) is 10.9 Å². The zero-order valence-corrected chi connectivity index (χ0v) is 18.2. The molecule has 11 heteroatoms. The highest BCUT2D eigenvalue weighted by molar-refractivity contribution is 7.92. The molecule has 3 rings (SSSR count). The zero-order chi connectivity index (χ0) is 22.1. The van der Waals surface area contributed by atoms with E-state index in [2.05, 4.69) is 19.8 Å². The fourth-order valence-electron chi connectivity index (χ4n) is 2.93. The highest BCUT2D eigenvalue weighted by atomic mass is 32.2. The lowest BCUT2D eigenvalue weighted by Crippen LogP contribution is -2.34. The molecule has 0 fully saturated rings. The van der Waals surface area contributed by atoms with E-state index >= 15 is 0 Å². The Bertz CT molecular complexity index is 1200. The van der Waals surface area contributed by atoms with E-state index in [0.29, 0.717) is 16.9 Å². The highest BCUT2D eigenvalue weighted by Crippen LogP contribution is 2.24. The number of nitrogens with one attached hydrogen (secondary N) is 3. The van der Waals surface area contributed by atoms with Crippen molar-refractivity contribution in [2.45, 2.75) is 24.8 Å². The predicted molar refractivity (Wildman–Crippen MR) is 115 cm³/mol. The lowest BCUT2D eigenvalue weighted by Gasteiger charge is -2.17. The topological polar surface area (TPSA) is 134 Å². The van der Waals surface area contributed by atoms with Crippen molar-refractivity contribution < 1.29 is 21.6 Å². The van der Waals surface area contributed by atoms with Crippen LogP contribution >= 0.6 is 0 Å². The summed E-state index contributed by atoms with van der Waals surface area (Å²) in [7, 11) is -7.10. The van der Waals surface area contributed by atoms with E-state index < -0.39 is 32.0 Å². The lowest BCUT2D eigenvalue weighted by atomic mass is 10.0. The van der Waals surface area contributed by atoms with Crippen LogP contribution in [0.15, 0.2) is 58.4 Å². The summed E-state index contributed by atoms with van der Waals surface area (Å²) in [6.45, 7) is 3.62. The molecule has 2 aromatic rings. The van der Waals surface area contributed by atoms with Gasteiger partial charge in [0, 0.05) is 16.9 Å². The van der Waals surface area contributed by atoms with Gasteiger partial charge in [-0.25, -0.2) is 16.8 Å². The molecule has 1 aliphatic heterocycles. The van der Waals surface area contributed by atoms with E-state index in [-0.39, 0.29) is 16.6 Å². The number of aliphatic imine (C=N–C) groups is 1. The molecule has 1 amide bonds. The minimum absolute atomic E-state index is 0.126. The van der Waals surface area contributed by atoms with Gasteiger partial charge in [-0.15, -0.1) is 0 Å². The predicted octanol–water partition coefficient (Wildman–Crippen LogP) is 1.76. The van der Waals surface area contributed by atoms with Gasteiger partial charge in [-0.2, -0.15) is 0 Å². The van der Waals surface area contributed by atoms with Crippen LogP contribution in [0, 0.1) is 5.92 Å². The molecule has 0 aromatic heterocycles. The van der Waals surface area contributed by atoms with Gasteiger partial charge >= 0.3 is 0 Å². The summed E-state index contributed by atoms with van der Waals surface area (Å²) in [4.78, 5) is 17.3. The summed E-state index contributed by atoms with van der Waals surface area (Å²) in [6, 6.07) is 11.8. The minimum atomic E-state index is -3.70. The van der Waals surface area contributed by atoms with Crippen LogP contribution in [0.25, 0.3) is 0 Å². The molecule has 3 N–H and O–H groups in total. The monoisotopic (exact) mass is 450 g/mol. The van der Waals surface area contributed by atoms with Gasteiger partial charge in [-0.3, -0.25) is 19.2 Å². The summed E-state index contributed by atoms with van der Waals surface area (Å²) >= 11 is 0. The molecule has 0 saturated heterocycles. The number of sulfonamides is 2. The van der Waals surface area contributed by atoms with Crippen LogP contribution in [0.2, 0.25) is 0 Å². The summed E-state index contributed by atoms with van der Waals surface area (Å²) in [5.74, 6) is -0.488. The quantitative estimate of drug-likeness (QED) is 0.617. The molecule has 1 heterocycles. The van der Waals surface area contributed by atoms with Crippen LogP contribution in [0.3, 0.4) is 0 Å². The third-order valence-electron chi connectivity index (χ3n) is 4.29. The Morgan fingerprint density at radius 2 is 1.63 bits per heavy atom. The van der Waals surface area contributed by atoms with Gasteiger partial charge in [0.15, 0.2) is 0 Å². The fraction of sp³-hybridized carbons (Fsp3) is 0.263. The molecule has 1 aliphatic rings. The third-order valence-corrected chi connectivity index (χ3v) is 6.29. The summed E-state index contributed by atoms with van der Waals surface area (Å²) in [5.41, 5.74) is 1.25. The normalized spacial score (nSPS) is 17.3. The van der Waals surface area contributed by atoms with Gasteiger partial charge in [0.05, 0.1) is 11.2 Å². The summed E-state index contributed by atoms with van der Waals surface area (Å²) < 4.78 is 51.8. The number of amidine groups is 1. The molecule has 160 valence electrons. The molecule has 0 spiro atoms. The highest BCUT2D eigenvalue weighted by Gasteiger charge is 2.32. The molecule has 0 saturated carbocycles. The second-order valence-corrected chi connectivity index (χ2v) is 10.6. The Morgan fingerprint density at radius 3 is 2.23 bits per heavy atom. The minimum Gasteiger partial charge on any atom is -0.324 e. The first-order valence-corrected chi connectivity index (χ1v) is 12.4. The molecular formula is C19H22N4O5S2. The van der Waals surface area contributed by atoms with Crippen LogP contribution in [-0.2, 0) is 24.8 Å². The van der Waals surface area contributed by atoms with Crippen LogP contribution in [0.4, 0.5) is 11.4 Å². The van der Waals surface area contributed by atoms with Gasteiger partial charge in [0.25, 0.3) is 10.0 Å². The Kier molecular flexibility index (Phi) is 5.86. The van der Waals surface area contributed by atoms with Crippen molar-refractivity contribution in [1.29, 1.82) is 0 Å². The first-order valence-electron chi connectivity index (χ1n) is 9.05. The number of benzene rings is 2. The Morgan fingerprint density at radius 1 is 1.03 bits per heavy atom. The van der Waals surface area contributed by atoms with Crippen LogP contribution in [-0.4, -0.2) is 40.9 Å². The molecule has 2 aromatic carbocycles. The van der Waals surface area contributed by atoms with Crippen LogP contribution in [0.1, 0.15) is 19.4 Å². The maximum Gasteiger partial charge on any atom is 0.263 e. The number of rotatable bonds is 6. The number of carbonyl (C=O) groups excluding carboxylic acids is 1. The molecule has 0 aliphatic carbocycles. The Hall–Kier alpha value is -2.92. The van der Waals surface area contributed by atoms with E-state index in [4.69, 9.17) is 0 Å². The molecular weight excluding hydrogens is 428 g/mol. The molecule has 0 bridgehead atoms. The molecule has 0 unspecified atom stereocenters. The number of hydrogen-bond acceptors (Lipinski definition) is 6.